The molecule has 42 heavy (non-hydrogen) atoms. The van der Waals surface area contributed by atoms with E-state index in [9.17, 15) is 9.59 Å². The molecule has 0 aromatic carbocycles. The minimum Gasteiger partial charge on any atom is -0.458 e. The highest BCUT2D eigenvalue weighted by atomic mass is 16.6. The van der Waals surface area contributed by atoms with Gasteiger partial charge in [-0.05, 0) is 38.5 Å². The van der Waals surface area contributed by atoms with E-state index in [2.05, 4.69) is 27.7 Å². The smallest absolute Gasteiger partial charge is 0.306 e. The molecule has 0 fully saturated rings. The molecule has 0 aromatic rings. The summed E-state index contributed by atoms with van der Waals surface area (Å²) >= 11 is 0. The average Bonchev–Trinajstić information content (AvgIpc) is 2.98. The van der Waals surface area contributed by atoms with Crippen LogP contribution in [0.2, 0.25) is 0 Å². The molecule has 2 atom stereocenters. The molecule has 4 nitrogen and oxygen atoms in total. The zero-order valence-electron chi connectivity index (χ0n) is 29.0. The lowest BCUT2D eigenvalue weighted by atomic mass is 10.00. The Kier molecular flexibility index (Phi) is 32.0. The van der Waals surface area contributed by atoms with Crippen LogP contribution in [0.5, 0.6) is 0 Å². The fourth-order valence-corrected chi connectivity index (χ4v) is 5.79. The molecular formula is C38H74O4. The SMILES string of the molecule is CCCCCCCCCCCC(=O)OC(CCCC)C(CCCCCCCC)OC(=O)CCCCCCCCCCC. The van der Waals surface area contributed by atoms with Crippen LogP contribution in [0.3, 0.4) is 0 Å². The molecule has 0 radical (unpaired) electrons. The zero-order valence-corrected chi connectivity index (χ0v) is 29.0. The highest BCUT2D eigenvalue weighted by molar-refractivity contribution is 5.70. The van der Waals surface area contributed by atoms with Gasteiger partial charge >= 0.3 is 11.9 Å². The van der Waals surface area contributed by atoms with Crippen LogP contribution in [-0.4, -0.2) is 24.1 Å². The molecule has 250 valence electrons. The molecule has 0 aliphatic carbocycles. The summed E-state index contributed by atoms with van der Waals surface area (Å²) in [5.74, 6) is -0.215. The summed E-state index contributed by atoms with van der Waals surface area (Å²) in [6.45, 7) is 8.92. The number of ether oxygens (including phenoxy) is 2. The summed E-state index contributed by atoms with van der Waals surface area (Å²) in [7, 11) is 0. The van der Waals surface area contributed by atoms with Crippen molar-refractivity contribution in [1.82, 2.24) is 0 Å². The number of hydrogen-bond acceptors (Lipinski definition) is 4. The van der Waals surface area contributed by atoms with Gasteiger partial charge in [0.05, 0.1) is 0 Å². The van der Waals surface area contributed by atoms with Gasteiger partial charge in [0.25, 0.3) is 0 Å². The van der Waals surface area contributed by atoms with Crippen molar-refractivity contribution < 1.29 is 19.1 Å². The number of esters is 2. The Balaban J connectivity index is 4.69. The van der Waals surface area contributed by atoms with E-state index in [0.29, 0.717) is 12.8 Å². The Hall–Kier alpha value is -1.06. The fraction of sp³-hybridized carbons (Fsp3) is 0.947. The van der Waals surface area contributed by atoms with Crippen LogP contribution in [-0.2, 0) is 19.1 Å². The van der Waals surface area contributed by atoms with Gasteiger partial charge in [-0.1, -0.05) is 169 Å². The molecule has 2 unspecified atom stereocenters. The topological polar surface area (TPSA) is 52.6 Å². The molecule has 0 N–H and O–H groups in total. The van der Waals surface area contributed by atoms with Crippen molar-refractivity contribution in [2.75, 3.05) is 0 Å². The average molecular weight is 595 g/mol. The molecule has 0 aromatic heterocycles. The van der Waals surface area contributed by atoms with E-state index in [1.807, 2.05) is 0 Å². The molecule has 0 saturated carbocycles. The fourth-order valence-electron chi connectivity index (χ4n) is 5.79. The van der Waals surface area contributed by atoms with Gasteiger partial charge in [-0.2, -0.15) is 0 Å². The predicted molar refractivity (Wildman–Crippen MR) is 181 cm³/mol. The summed E-state index contributed by atoms with van der Waals surface area (Å²) in [6, 6.07) is 0. The summed E-state index contributed by atoms with van der Waals surface area (Å²) in [6.07, 6.45) is 33.4. The van der Waals surface area contributed by atoms with Gasteiger partial charge in [-0.25, -0.2) is 0 Å². The Bertz CT molecular complexity index is 575. The molecule has 0 spiro atoms. The van der Waals surface area contributed by atoms with E-state index >= 15 is 0 Å². The zero-order chi connectivity index (χ0) is 30.9. The normalized spacial score (nSPS) is 12.8. The molecule has 0 bridgehead atoms. The first kappa shape index (κ1) is 40.9. The first-order valence-electron chi connectivity index (χ1n) is 19.0. The van der Waals surface area contributed by atoms with Crippen molar-refractivity contribution in [3.63, 3.8) is 0 Å². The van der Waals surface area contributed by atoms with E-state index in [0.717, 1.165) is 64.2 Å². The van der Waals surface area contributed by atoms with Crippen molar-refractivity contribution in [2.24, 2.45) is 0 Å². The monoisotopic (exact) mass is 595 g/mol. The van der Waals surface area contributed by atoms with Crippen molar-refractivity contribution in [3.8, 4) is 0 Å². The molecular weight excluding hydrogens is 520 g/mol. The number of hydrogen-bond donors (Lipinski definition) is 0. The Morgan fingerprint density at radius 2 is 0.619 bits per heavy atom. The van der Waals surface area contributed by atoms with Gasteiger partial charge in [-0.3, -0.25) is 9.59 Å². The van der Waals surface area contributed by atoms with Crippen LogP contribution < -0.4 is 0 Å². The number of unbranched alkanes of at least 4 members (excludes halogenated alkanes) is 22. The van der Waals surface area contributed by atoms with Crippen molar-refractivity contribution in [3.05, 3.63) is 0 Å². The molecule has 4 heteroatoms. The Morgan fingerprint density at radius 3 is 0.952 bits per heavy atom. The number of rotatable bonds is 33. The molecule has 0 amide bonds. The first-order chi connectivity index (χ1) is 20.6. The standard InChI is InChI=1S/C38H74O4/c1-5-9-13-16-19-21-23-26-29-33-37(39)41-35(31-12-8-4)36(32-28-25-18-15-11-7-3)42-38(40)34-30-27-24-22-20-17-14-10-6-2/h35-36H,5-34H2,1-4H3. The maximum atomic E-state index is 12.9. The van der Waals surface area contributed by atoms with Gasteiger partial charge in [-0.15, -0.1) is 0 Å². The van der Waals surface area contributed by atoms with E-state index < -0.39 is 0 Å². The summed E-state index contributed by atoms with van der Waals surface area (Å²) < 4.78 is 12.2. The van der Waals surface area contributed by atoms with Gasteiger partial charge < -0.3 is 9.47 Å². The first-order valence-corrected chi connectivity index (χ1v) is 19.0. The molecule has 0 heterocycles. The minimum atomic E-state index is -0.307. The maximum Gasteiger partial charge on any atom is 0.306 e. The summed E-state index contributed by atoms with van der Waals surface area (Å²) in [4.78, 5) is 25.7. The van der Waals surface area contributed by atoms with Crippen molar-refractivity contribution in [1.29, 1.82) is 0 Å². The second-order valence-electron chi connectivity index (χ2n) is 12.9. The third-order valence-electron chi connectivity index (χ3n) is 8.63. The van der Waals surface area contributed by atoms with E-state index in [1.165, 1.54) is 116 Å². The third kappa shape index (κ3) is 27.8. The van der Waals surface area contributed by atoms with Gasteiger partial charge in [0.2, 0.25) is 0 Å². The van der Waals surface area contributed by atoms with Gasteiger partial charge in [0, 0.05) is 12.8 Å². The van der Waals surface area contributed by atoms with Gasteiger partial charge in [0.15, 0.2) is 0 Å². The van der Waals surface area contributed by atoms with E-state index in [-0.39, 0.29) is 24.1 Å². The second-order valence-corrected chi connectivity index (χ2v) is 12.9. The molecule has 0 rings (SSSR count). The second kappa shape index (κ2) is 32.8. The molecule has 0 saturated heterocycles. The quantitative estimate of drug-likeness (QED) is 0.0560. The number of carbonyl (C=O) groups excluding carboxylic acids is 2. The molecule has 0 aliphatic rings. The maximum absolute atomic E-state index is 12.9. The van der Waals surface area contributed by atoms with Crippen LogP contribution in [0.4, 0.5) is 0 Å². The number of carbonyl (C=O) groups is 2. The van der Waals surface area contributed by atoms with Crippen LogP contribution >= 0.6 is 0 Å². The highest BCUT2D eigenvalue weighted by Crippen LogP contribution is 2.22. The van der Waals surface area contributed by atoms with Crippen LogP contribution in [0.25, 0.3) is 0 Å². The van der Waals surface area contributed by atoms with Gasteiger partial charge in [0.1, 0.15) is 12.2 Å². The summed E-state index contributed by atoms with van der Waals surface area (Å²) in [5, 5.41) is 0. The van der Waals surface area contributed by atoms with Crippen LogP contribution in [0.1, 0.15) is 220 Å². The van der Waals surface area contributed by atoms with E-state index in [1.54, 1.807) is 0 Å². The Morgan fingerprint density at radius 1 is 0.357 bits per heavy atom. The lowest BCUT2D eigenvalue weighted by Gasteiger charge is -2.27. The lowest BCUT2D eigenvalue weighted by Crippen LogP contribution is -2.35. The molecule has 0 aliphatic heterocycles. The minimum absolute atomic E-state index is 0.106. The highest BCUT2D eigenvalue weighted by Gasteiger charge is 2.28. The summed E-state index contributed by atoms with van der Waals surface area (Å²) in [5.41, 5.74) is 0. The predicted octanol–water partition coefficient (Wildman–Crippen LogP) is 12.6. The Labute approximate surface area is 263 Å². The van der Waals surface area contributed by atoms with E-state index in [4.69, 9.17) is 9.47 Å². The third-order valence-corrected chi connectivity index (χ3v) is 8.63. The van der Waals surface area contributed by atoms with Crippen molar-refractivity contribution in [2.45, 2.75) is 233 Å². The van der Waals surface area contributed by atoms with Crippen LogP contribution in [0.15, 0.2) is 0 Å². The van der Waals surface area contributed by atoms with Crippen LogP contribution in [0, 0.1) is 0 Å². The largest absolute Gasteiger partial charge is 0.458 e. The lowest BCUT2D eigenvalue weighted by molar-refractivity contribution is -0.169. The van der Waals surface area contributed by atoms with Crippen molar-refractivity contribution >= 4 is 11.9 Å².